The molecule has 0 aliphatic heterocycles. The molecule has 0 N–H and O–H groups in total. The predicted octanol–water partition coefficient (Wildman–Crippen LogP) is 4.74. The summed E-state index contributed by atoms with van der Waals surface area (Å²) >= 11 is 0. The summed E-state index contributed by atoms with van der Waals surface area (Å²) < 4.78 is 7.26. The molecule has 0 atom stereocenters. The third-order valence-electron chi connectivity index (χ3n) is 4.56. The van der Waals surface area contributed by atoms with Crippen LogP contribution in [0.1, 0.15) is 59.2 Å². The summed E-state index contributed by atoms with van der Waals surface area (Å²) in [6, 6.07) is 10.0. The number of allylic oxidation sites excluding steroid dienone is 2. The molecule has 0 aliphatic rings. The number of rotatable bonds is 7. The molecule has 0 unspecified atom stereocenters. The molecule has 2 aromatic rings. The lowest BCUT2D eigenvalue weighted by atomic mass is 9.82. The van der Waals surface area contributed by atoms with Crippen molar-refractivity contribution in [2.24, 2.45) is 10.8 Å². The number of aromatic nitrogens is 3. The molecule has 0 amide bonds. The molecule has 154 valence electrons. The van der Waals surface area contributed by atoms with Gasteiger partial charge in [-0.2, -0.15) is 5.26 Å². The van der Waals surface area contributed by atoms with Crippen LogP contribution in [0.3, 0.4) is 0 Å². The second kappa shape index (κ2) is 9.15. The van der Waals surface area contributed by atoms with Gasteiger partial charge >= 0.3 is 0 Å². The van der Waals surface area contributed by atoms with E-state index < -0.39 is 0 Å². The summed E-state index contributed by atoms with van der Waals surface area (Å²) in [7, 11) is 0. The number of carbonyl (C=O) groups is 1. The Bertz CT molecular complexity index is 904. The molecule has 0 aliphatic carbocycles. The first-order chi connectivity index (χ1) is 13.5. The first-order valence-electron chi connectivity index (χ1n) is 9.75. The first kappa shape index (κ1) is 22.5. The number of hydrogen-bond donors (Lipinski definition) is 0. The van der Waals surface area contributed by atoms with E-state index in [9.17, 15) is 4.79 Å². The first-order valence-corrected chi connectivity index (χ1v) is 9.75. The van der Waals surface area contributed by atoms with Crippen LogP contribution >= 0.6 is 0 Å². The molecular formula is C23H30N4O2. The second-order valence-corrected chi connectivity index (χ2v) is 9.11. The zero-order chi connectivity index (χ0) is 21.7. The van der Waals surface area contributed by atoms with E-state index in [1.165, 1.54) is 0 Å². The Labute approximate surface area is 173 Å². The Morgan fingerprint density at radius 1 is 1.14 bits per heavy atom. The van der Waals surface area contributed by atoms with E-state index in [0.29, 0.717) is 25.3 Å². The van der Waals surface area contributed by atoms with Crippen molar-refractivity contribution < 1.29 is 9.53 Å². The number of Topliss-reactive ketones (excluding diaryl/α,β-unsaturated/α-hetero) is 1. The van der Waals surface area contributed by atoms with E-state index in [4.69, 9.17) is 10.00 Å². The van der Waals surface area contributed by atoms with Crippen LogP contribution in [-0.2, 0) is 16.1 Å². The predicted molar refractivity (Wildman–Crippen MR) is 113 cm³/mol. The molecule has 0 bridgehead atoms. The molecule has 6 heteroatoms. The van der Waals surface area contributed by atoms with Gasteiger partial charge in [0, 0.05) is 17.9 Å². The average molecular weight is 395 g/mol. The van der Waals surface area contributed by atoms with Gasteiger partial charge in [-0.1, -0.05) is 58.9 Å². The van der Waals surface area contributed by atoms with E-state index in [1.54, 1.807) is 10.8 Å². The van der Waals surface area contributed by atoms with Crippen molar-refractivity contribution in [3.05, 3.63) is 47.8 Å². The number of nitrogens with zero attached hydrogens (tertiary/aromatic N) is 4. The standard InChI is InChI=1S/C23H30N4O2/c1-22(2,3)20(11-13-24)17-7-9-19(10-8-17)27-15-18(25-26-27)16-29-14-12-21(28)23(4,5)6/h7-11,15H,12,14,16H2,1-6H3/b20-11+. The minimum absolute atomic E-state index is 0.122. The lowest BCUT2D eigenvalue weighted by molar-refractivity contribution is -0.127. The summed E-state index contributed by atoms with van der Waals surface area (Å²) in [5.74, 6) is 0.182. The molecule has 6 nitrogen and oxygen atoms in total. The van der Waals surface area contributed by atoms with Gasteiger partial charge in [0.15, 0.2) is 0 Å². The van der Waals surface area contributed by atoms with Gasteiger partial charge in [-0.05, 0) is 28.7 Å². The van der Waals surface area contributed by atoms with Gasteiger partial charge in [0.1, 0.15) is 11.5 Å². The molecule has 29 heavy (non-hydrogen) atoms. The minimum atomic E-state index is -0.339. The van der Waals surface area contributed by atoms with Crippen molar-refractivity contribution in [1.29, 1.82) is 5.26 Å². The van der Waals surface area contributed by atoms with Gasteiger partial charge in [-0.25, -0.2) is 4.68 Å². The van der Waals surface area contributed by atoms with Crippen LogP contribution in [0, 0.1) is 22.2 Å². The van der Waals surface area contributed by atoms with Crippen molar-refractivity contribution in [2.75, 3.05) is 6.61 Å². The summed E-state index contributed by atoms with van der Waals surface area (Å²) in [5, 5.41) is 17.4. The highest BCUT2D eigenvalue weighted by Gasteiger charge is 2.20. The summed E-state index contributed by atoms with van der Waals surface area (Å²) in [6.45, 7) is 12.7. The monoisotopic (exact) mass is 394 g/mol. The van der Waals surface area contributed by atoms with Crippen molar-refractivity contribution in [3.8, 4) is 11.8 Å². The molecule has 0 saturated carbocycles. The van der Waals surface area contributed by atoms with Crippen molar-refractivity contribution in [2.45, 2.75) is 54.6 Å². The summed E-state index contributed by atoms with van der Waals surface area (Å²) in [5.41, 5.74) is 3.12. The minimum Gasteiger partial charge on any atom is -0.375 e. The molecule has 0 radical (unpaired) electrons. The number of nitriles is 1. The number of hydrogen-bond acceptors (Lipinski definition) is 5. The third-order valence-corrected chi connectivity index (χ3v) is 4.56. The smallest absolute Gasteiger partial charge is 0.140 e. The van der Waals surface area contributed by atoms with Crippen LogP contribution in [0.15, 0.2) is 36.5 Å². The molecule has 0 fully saturated rings. The molecule has 1 aromatic carbocycles. The summed E-state index contributed by atoms with van der Waals surface area (Å²) in [6.07, 6.45) is 3.81. The fourth-order valence-corrected chi connectivity index (χ4v) is 2.80. The SMILES string of the molecule is CC(C)(C)C(=O)CCOCc1cn(-c2ccc(/C(=C\C#N)C(C)(C)C)cc2)nn1. The van der Waals surface area contributed by atoms with Crippen LogP contribution in [0.25, 0.3) is 11.3 Å². The Hall–Kier alpha value is -2.78. The Balaban J connectivity index is 1.99. The van der Waals surface area contributed by atoms with Crippen LogP contribution in [0.2, 0.25) is 0 Å². The Kier molecular flexibility index (Phi) is 7.10. The van der Waals surface area contributed by atoms with Crippen molar-refractivity contribution in [3.63, 3.8) is 0 Å². The highest BCUT2D eigenvalue weighted by Crippen LogP contribution is 2.34. The average Bonchev–Trinajstić information content (AvgIpc) is 3.10. The molecule has 2 rings (SSSR count). The van der Waals surface area contributed by atoms with E-state index in [-0.39, 0.29) is 16.6 Å². The number of carbonyl (C=O) groups excluding carboxylic acids is 1. The topological polar surface area (TPSA) is 80.8 Å². The van der Waals surface area contributed by atoms with Crippen LogP contribution in [-0.4, -0.2) is 27.4 Å². The van der Waals surface area contributed by atoms with Gasteiger partial charge in [0.25, 0.3) is 0 Å². The fourth-order valence-electron chi connectivity index (χ4n) is 2.80. The second-order valence-electron chi connectivity index (χ2n) is 9.11. The van der Waals surface area contributed by atoms with Crippen molar-refractivity contribution in [1.82, 2.24) is 15.0 Å². The van der Waals surface area contributed by atoms with Crippen LogP contribution in [0.5, 0.6) is 0 Å². The highest BCUT2D eigenvalue weighted by molar-refractivity contribution is 5.83. The fraction of sp³-hybridized carbons (Fsp3) is 0.478. The third kappa shape index (κ3) is 6.37. The van der Waals surface area contributed by atoms with Gasteiger partial charge in [0.2, 0.25) is 0 Å². The lowest BCUT2D eigenvalue weighted by Crippen LogP contribution is -2.21. The van der Waals surface area contributed by atoms with Crippen LogP contribution in [0.4, 0.5) is 0 Å². The molecule has 0 spiro atoms. The maximum atomic E-state index is 11.9. The quantitative estimate of drug-likeness (QED) is 0.500. The maximum absolute atomic E-state index is 11.9. The van der Waals surface area contributed by atoms with Gasteiger partial charge in [0.05, 0.1) is 31.2 Å². The molecule has 0 saturated heterocycles. The number of benzene rings is 1. The lowest BCUT2D eigenvalue weighted by Gasteiger charge is -2.22. The molecule has 1 heterocycles. The zero-order valence-corrected chi connectivity index (χ0v) is 18.2. The maximum Gasteiger partial charge on any atom is 0.140 e. The highest BCUT2D eigenvalue weighted by atomic mass is 16.5. The van der Waals surface area contributed by atoms with E-state index in [1.807, 2.05) is 51.2 Å². The number of ether oxygens (including phenoxy) is 1. The molecule has 1 aromatic heterocycles. The largest absolute Gasteiger partial charge is 0.375 e. The van der Waals surface area contributed by atoms with Gasteiger partial charge in [-0.15, -0.1) is 5.10 Å². The Morgan fingerprint density at radius 3 is 2.34 bits per heavy atom. The van der Waals surface area contributed by atoms with Crippen LogP contribution < -0.4 is 0 Å². The van der Waals surface area contributed by atoms with Crippen molar-refractivity contribution >= 4 is 11.4 Å². The summed E-state index contributed by atoms with van der Waals surface area (Å²) in [4.78, 5) is 11.9. The van der Waals surface area contributed by atoms with E-state index in [2.05, 4.69) is 37.2 Å². The zero-order valence-electron chi connectivity index (χ0n) is 18.2. The van der Waals surface area contributed by atoms with Gasteiger partial charge in [-0.3, -0.25) is 4.79 Å². The normalized spacial score (nSPS) is 12.7. The number of ketones is 1. The van der Waals surface area contributed by atoms with E-state index in [0.717, 1.165) is 16.8 Å². The van der Waals surface area contributed by atoms with E-state index >= 15 is 0 Å². The van der Waals surface area contributed by atoms with Gasteiger partial charge < -0.3 is 4.74 Å². The molecular weight excluding hydrogens is 364 g/mol. The Morgan fingerprint density at radius 2 is 1.79 bits per heavy atom.